The quantitative estimate of drug-likeness (QED) is 0.800. The molecule has 1 unspecified atom stereocenters. The third-order valence-corrected chi connectivity index (χ3v) is 3.48. The summed E-state index contributed by atoms with van der Waals surface area (Å²) in [6, 6.07) is 9.82. The van der Waals surface area contributed by atoms with Gasteiger partial charge in [0, 0.05) is 13.1 Å². The number of likely N-dealkylation sites (N-methyl/N-ethyl adjacent to an activating group) is 2. The number of nitrogens with one attached hydrogen (secondary N) is 1. The zero-order valence-electron chi connectivity index (χ0n) is 13.3. The molecule has 1 atom stereocenters. The Balaban J connectivity index is 2.85. The van der Waals surface area contributed by atoms with Gasteiger partial charge in [-0.15, -0.1) is 0 Å². The van der Waals surface area contributed by atoms with Gasteiger partial charge in [0.2, 0.25) is 11.8 Å². The van der Waals surface area contributed by atoms with Crippen molar-refractivity contribution in [3.05, 3.63) is 35.9 Å². The summed E-state index contributed by atoms with van der Waals surface area (Å²) < 4.78 is 0. The fourth-order valence-corrected chi connectivity index (χ4v) is 2.40. The van der Waals surface area contributed by atoms with Crippen LogP contribution in [0.5, 0.6) is 0 Å². The Morgan fingerprint density at radius 2 is 1.81 bits per heavy atom. The third-order valence-electron chi connectivity index (χ3n) is 3.48. The molecule has 116 valence electrons. The summed E-state index contributed by atoms with van der Waals surface area (Å²) in [5.74, 6) is -0.224. The van der Waals surface area contributed by atoms with Crippen LogP contribution in [-0.2, 0) is 9.59 Å². The van der Waals surface area contributed by atoms with Gasteiger partial charge in [-0.05, 0) is 25.8 Å². The number of hydrogen-bond acceptors (Lipinski definition) is 2. The smallest absolute Gasteiger partial charge is 0.239 e. The molecular weight excluding hydrogens is 264 g/mol. The van der Waals surface area contributed by atoms with Gasteiger partial charge >= 0.3 is 0 Å². The number of benzene rings is 1. The topological polar surface area (TPSA) is 49.4 Å². The summed E-state index contributed by atoms with van der Waals surface area (Å²) in [7, 11) is 0. The number of carbonyl (C=O) groups excluding carboxylic acids is 2. The van der Waals surface area contributed by atoms with E-state index in [-0.39, 0.29) is 24.3 Å². The van der Waals surface area contributed by atoms with Gasteiger partial charge in [-0.3, -0.25) is 9.59 Å². The first-order valence-corrected chi connectivity index (χ1v) is 7.74. The normalized spacial score (nSPS) is 11.8. The van der Waals surface area contributed by atoms with Gasteiger partial charge in [-0.1, -0.05) is 43.7 Å². The van der Waals surface area contributed by atoms with Crippen LogP contribution in [0.1, 0.15) is 45.1 Å². The minimum Gasteiger partial charge on any atom is -0.355 e. The maximum Gasteiger partial charge on any atom is 0.239 e. The van der Waals surface area contributed by atoms with Gasteiger partial charge in [0.05, 0.1) is 12.5 Å². The van der Waals surface area contributed by atoms with Crippen molar-refractivity contribution >= 4 is 11.8 Å². The first kappa shape index (κ1) is 17.2. The Morgan fingerprint density at radius 3 is 2.33 bits per heavy atom. The van der Waals surface area contributed by atoms with E-state index in [4.69, 9.17) is 0 Å². The van der Waals surface area contributed by atoms with E-state index >= 15 is 0 Å². The number of nitrogens with zero attached hydrogens (tertiary/aromatic N) is 1. The van der Waals surface area contributed by atoms with Crippen molar-refractivity contribution in [2.75, 3.05) is 19.6 Å². The molecule has 0 saturated heterocycles. The second-order valence-electron chi connectivity index (χ2n) is 5.06. The maximum atomic E-state index is 12.8. The molecule has 0 heterocycles. The van der Waals surface area contributed by atoms with Crippen LogP contribution in [0.4, 0.5) is 0 Å². The number of carbonyl (C=O) groups is 2. The van der Waals surface area contributed by atoms with Crippen LogP contribution in [-0.4, -0.2) is 36.3 Å². The van der Waals surface area contributed by atoms with Crippen LogP contribution < -0.4 is 5.32 Å². The molecule has 21 heavy (non-hydrogen) atoms. The SMILES string of the molecule is CCCC(C(=O)N(CC)CC(=O)NCC)c1ccccc1. The van der Waals surface area contributed by atoms with E-state index in [9.17, 15) is 9.59 Å². The molecule has 1 N–H and O–H groups in total. The first-order valence-electron chi connectivity index (χ1n) is 7.74. The summed E-state index contributed by atoms with van der Waals surface area (Å²) in [5.41, 5.74) is 1.03. The van der Waals surface area contributed by atoms with Crippen LogP contribution >= 0.6 is 0 Å². The van der Waals surface area contributed by atoms with E-state index in [1.165, 1.54) is 0 Å². The fourth-order valence-electron chi connectivity index (χ4n) is 2.40. The minimum absolute atomic E-state index is 0.0387. The van der Waals surface area contributed by atoms with E-state index in [0.717, 1.165) is 18.4 Å². The van der Waals surface area contributed by atoms with Crippen LogP contribution in [0.15, 0.2) is 30.3 Å². The van der Waals surface area contributed by atoms with Crippen molar-refractivity contribution in [3.63, 3.8) is 0 Å². The molecule has 0 saturated carbocycles. The molecule has 0 fully saturated rings. The zero-order valence-corrected chi connectivity index (χ0v) is 13.3. The van der Waals surface area contributed by atoms with Gasteiger partial charge in [0.25, 0.3) is 0 Å². The third kappa shape index (κ3) is 5.21. The Kier molecular flexibility index (Phi) is 7.51. The van der Waals surface area contributed by atoms with Crippen LogP contribution in [0, 0.1) is 0 Å². The van der Waals surface area contributed by atoms with Crippen molar-refractivity contribution in [2.45, 2.75) is 39.5 Å². The highest BCUT2D eigenvalue weighted by molar-refractivity contribution is 5.88. The molecule has 1 rings (SSSR count). The lowest BCUT2D eigenvalue weighted by molar-refractivity contribution is -0.137. The number of amides is 2. The molecule has 4 nitrogen and oxygen atoms in total. The van der Waals surface area contributed by atoms with E-state index in [1.54, 1.807) is 4.90 Å². The van der Waals surface area contributed by atoms with E-state index < -0.39 is 0 Å². The molecule has 1 aromatic carbocycles. The second-order valence-corrected chi connectivity index (χ2v) is 5.06. The molecule has 0 aliphatic heterocycles. The van der Waals surface area contributed by atoms with Crippen molar-refractivity contribution in [2.24, 2.45) is 0 Å². The minimum atomic E-state index is -0.162. The Morgan fingerprint density at radius 1 is 1.14 bits per heavy atom. The summed E-state index contributed by atoms with van der Waals surface area (Å²) in [5, 5.41) is 2.74. The second kappa shape index (κ2) is 9.16. The molecular formula is C17H26N2O2. The Bertz CT molecular complexity index is 445. The molecule has 0 spiro atoms. The molecule has 0 radical (unpaired) electrons. The fraction of sp³-hybridized carbons (Fsp3) is 0.529. The number of rotatable bonds is 8. The van der Waals surface area contributed by atoms with Crippen molar-refractivity contribution in [1.29, 1.82) is 0 Å². The number of hydrogen-bond donors (Lipinski definition) is 1. The first-order chi connectivity index (χ1) is 10.1. The van der Waals surface area contributed by atoms with E-state index in [2.05, 4.69) is 12.2 Å². The summed E-state index contributed by atoms with van der Waals surface area (Å²) in [4.78, 5) is 26.1. The Hall–Kier alpha value is -1.84. The molecule has 0 bridgehead atoms. The standard InChI is InChI=1S/C17H26N2O2/c1-4-10-15(14-11-8-7-9-12-14)17(21)19(6-3)13-16(20)18-5-2/h7-9,11-12,15H,4-6,10,13H2,1-3H3,(H,18,20). The van der Waals surface area contributed by atoms with Crippen molar-refractivity contribution in [1.82, 2.24) is 10.2 Å². The summed E-state index contributed by atoms with van der Waals surface area (Å²) in [6.07, 6.45) is 1.73. The lowest BCUT2D eigenvalue weighted by Crippen LogP contribution is -2.42. The molecule has 2 amide bonds. The van der Waals surface area contributed by atoms with Crippen LogP contribution in [0.2, 0.25) is 0 Å². The Labute approximate surface area is 127 Å². The molecule has 0 aliphatic rings. The van der Waals surface area contributed by atoms with Gasteiger partial charge in [-0.25, -0.2) is 0 Å². The predicted molar refractivity (Wildman–Crippen MR) is 85.0 cm³/mol. The lowest BCUT2D eigenvalue weighted by atomic mass is 9.93. The highest BCUT2D eigenvalue weighted by Gasteiger charge is 2.25. The average molecular weight is 290 g/mol. The van der Waals surface area contributed by atoms with Gasteiger partial charge < -0.3 is 10.2 Å². The molecule has 0 aliphatic carbocycles. The maximum absolute atomic E-state index is 12.8. The van der Waals surface area contributed by atoms with Crippen molar-refractivity contribution < 1.29 is 9.59 Å². The summed E-state index contributed by atoms with van der Waals surface area (Å²) in [6.45, 7) is 7.12. The van der Waals surface area contributed by atoms with Gasteiger partial charge in [0.15, 0.2) is 0 Å². The molecule has 4 heteroatoms. The van der Waals surface area contributed by atoms with Crippen molar-refractivity contribution in [3.8, 4) is 0 Å². The van der Waals surface area contributed by atoms with Gasteiger partial charge in [-0.2, -0.15) is 0 Å². The zero-order chi connectivity index (χ0) is 15.7. The largest absolute Gasteiger partial charge is 0.355 e. The lowest BCUT2D eigenvalue weighted by Gasteiger charge is -2.26. The predicted octanol–water partition coefficient (Wildman–Crippen LogP) is 2.55. The average Bonchev–Trinajstić information content (AvgIpc) is 2.50. The molecule has 0 aromatic heterocycles. The summed E-state index contributed by atoms with van der Waals surface area (Å²) >= 11 is 0. The highest BCUT2D eigenvalue weighted by Crippen LogP contribution is 2.23. The van der Waals surface area contributed by atoms with E-state index in [0.29, 0.717) is 13.1 Å². The van der Waals surface area contributed by atoms with Gasteiger partial charge in [0.1, 0.15) is 0 Å². The van der Waals surface area contributed by atoms with E-state index in [1.807, 2.05) is 44.2 Å². The van der Waals surface area contributed by atoms with Crippen LogP contribution in [0.3, 0.4) is 0 Å². The highest BCUT2D eigenvalue weighted by atomic mass is 16.2. The monoisotopic (exact) mass is 290 g/mol. The molecule has 1 aromatic rings. The van der Waals surface area contributed by atoms with Crippen LogP contribution in [0.25, 0.3) is 0 Å².